The first-order valence-electron chi connectivity index (χ1n) is 11.7. The van der Waals surface area contributed by atoms with Crippen molar-refractivity contribution < 1.29 is 0 Å². The van der Waals surface area contributed by atoms with Crippen molar-refractivity contribution in [2.75, 3.05) is 0 Å². The molecule has 0 N–H and O–H groups in total. The summed E-state index contributed by atoms with van der Waals surface area (Å²) in [7, 11) is 0. The number of rotatable bonds is 4. The maximum atomic E-state index is 4.95. The lowest BCUT2D eigenvalue weighted by Crippen LogP contribution is -2.00. The Morgan fingerprint density at radius 2 is 1.26 bits per heavy atom. The molecule has 1 aromatic heterocycles. The molecule has 2 heteroatoms. The van der Waals surface area contributed by atoms with E-state index in [1.165, 1.54) is 16.7 Å². The lowest BCUT2D eigenvalue weighted by Gasteiger charge is -2.14. The van der Waals surface area contributed by atoms with E-state index in [0.717, 1.165) is 34.8 Å². The number of hydrogen-bond acceptors (Lipinski definition) is 2. The molecule has 0 fully saturated rings. The predicted molar refractivity (Wildman–Crippen MR) is 145 cm³/mol. The van der Waals surface area contributed by atoms with Crippen LogP contribution in [-0.4, -0.2) is 9.97 Å². The van der Waals surface area contributed by atoms with Crippen molar-refractivity contribution in [1.29, 1.82) is 0 Å². The van der Waals surface area contributed by atoms with Crippen molar-refractivity contribution >= 4 is 5.57 Å². The zero-order chi connectivity index (χ0) is 23.8. The molecule has 0 radical (unpaired) electrons. The van der Waals surface area contributed by atoms with Crippen LogP contribution in [0.15, 0.2) is 122 Å². The van der Waals surface area contributed by atoms with Crippen LogP contribution in [0.4, 0.5) is 0 Å². The van der Waals surface area contributed by atoms with Crippen molar-refractivity contribution in [3.8, 4) is 33.8 Å². The van der Waals surface area contributed by atoms with Crippen LogP contribution in [-0.2, 0) is 0 Å². The minimum atomic E-state index is 0.573. The van der Waals surface area contributed by atoms with Crippen LogP contribution in [0.25, 0.3) is 39.3 Å². The van der Waals surface area contributed by atoms with Crippen molar-refractivity contribution in [1.82, 2.24) is 9.97 Å². The van der Waals surface area contributed by atoms with Crippen molar-refractivity contribution in [2.24, 2.45) is 5.92 Å². The van der Waals surface area contributed by atoms with E-state index in [2.05, 4.69) is 98.5 Å². The van der Waals surface area contributed by atoms with Gasteiger partial charge < -0.3 is 0 Å². The molecular formula is C32H30N2. The molecule has 5 rings (SSSR count). The van der Waals surface area contributed by atoms with Crippen molar-refractivity contribution in [3.05, 3.63) is 128 Å². The van der Waals surface area contributed by atoms with Gasteiger partial charge >= 0.3 is 0 Å². The van der Waals surface area contributed by atoms with Crippen molar-refractivity contribution in [2.45, 2.75) is 20.3 Å². The lowest BCUT2D eigenvalue weighted by atomic mass is 9.96. The third-order valence-electron chi connectivity index (χ3n) is 5.66. The SMILES string of the molecule is C=CC.CC1C=CC(c2cc(-c3ccccc3)nc(-c3ccc(-c4ccccc4)cc3)n2)=CC1. The summed E-state index contributed by atoms with van der Waals surface area (Å²) in [6, 6.07) is 31.4. The summed E-state index contributed by atoms with van der Waals surface area (Å²) in [5.41, 5.74) is 7.60. The molecular weight excluding hydrogens is 412 g/mol. The topological polar surface area (TPSA) is 25.8 Å². The largest absolute Gasteiger partial charge is 0.228 e. The number of benzene rings is 3. The predicted octanol–water partition coefficient (Wildman–Crippen LogP) is 8.65. The average Bonchev–Trinajstić information content (AvgIpc) is 2.90. The molecule has 3 aromatic carbocycles. The standard InChI is InChI=1S/C29H24N2.C3H6/c1-21-12-14-25(15-13-21)28-20-27(24-10-6-3-7-11-24)30-29(31-28)26-18-16-23(17-19-26)22-8-4-2-5-9-22;1-3-2/h2-12,14-21H,13H2,1H3;3H,1H2,2H3. The maximum absolute atomic E-state index is 4.95. The number of aromatic nitrogens is 2. The minimum absolute atomic E-state index is 0.573. The molecule has 2 nitrogen and oxygen atoms in total. The van der Waals surface area contributed by atoms with E-state index in [1.807, 2.05) is 31.2 Å². The normalized spacial score (nSPS) is 14.5. The Morgan fingerprint density at radius 3 is 1.85 bits per heavy atom. The van der Waals surface area contributed by atoms with Gasteiger partial charge in [-0.05, 0) is 42.0 Å². The van der Waals surface area contributed by atoms with Gasteiger partial charge in [0.15, 0.2) is 5.82 Å². The Bertz CT molecular complexity index is 1280. The van der Waals surface area contributed by atoms with Gasteiger partial charge in [0.05, 0.1) is 11.4 Å². The van der Waals surface area contributed by atoms with E-state index in [0.29, 0.717) is 5.92 Å². The Morgan fingerprint density at radius 1 is 0.735 bits per heavy atom. The van der Waals surface area contributed by atoms with Gasteiger partial charge in [-0.15, -0.1) is 6.58 Å². The number of allylic oxidation sites excluding steroid dienone is 5. The molecule has 0 saturated carbocycles. The monoisotopic (exact) mass is 442 g/mol. The van der Waals surface area contributed by atoms with Crippen LogP contribution in [0.1, 0.15) is 26.0 Å². The highest BCUT2D eigenvalue weighted by Crippen LogP contribution is 2.29. The van der Waals surface area contributed by atoms with Gasteiger partial charge in [0.2, 0.25) is 0 Å². The number of nitrogens with zero attached hydrogens (tertiary/aromatic N) is 2. The summed E-state index contributed by atoms with van der Waals surface area (Å²) in [5.74, 6) is 1.33. The van der Waals surface area contributed by atoms with E-state index in [1.54, 1.807) is 6.08 Å². The summed E-state index contributed by atoms with van der Waals surface area (Å²) in [6.07, 6.45) is 9.52. The van der Waals surface area contributed by atoms with Gasteiger partial charge in [-0.25, -0.2) is 9.97 Å². The van der Waals surface area contributed by atoms with Gasteiger partial charge in [-0.3, -0.25) is 0 Å². The van der Waals surface area contributed by atoms with Gasteiger partial charge in [0.1, 0.15) is 0 Å². The molecule has 0 aliphatic heterocycles. The number of hydrogen-bond donors (Lipinski definition) is 0. The van der Waals surface area contributed by atoms with Crippen LogP contribution in [0, 0.1) is 5.92 Å². The summed E-state index contributed by atoms with van der Waals surface area (Å²) in [6.45, 7) is 7.48. The second kappa shape index (κ2) is 11.2. The molecule has 34 heavy (non-hydrogen) atoms. The smallest absolute Gasteiger partial charge is 0.160 e. The molecule has 4 aromatic rings. The molecule has 1 aliphatic rings. The minimum Gasteiger partial charge on any atom is -0.228 e. The average molecular weight is 443 g/mol. The fraction of sp³-hybridized carbons (Fsp3) is 0.125. The zero-order valence-electron chi connectivity index (χ0n) is 19.9. The third-order valence-corrected chi connectivity index (χ3v) is 5.66. The Labute approximate surface area is 203 Å². The molecule has 168 valence electrons. The van der Waals surface area contributed by atoms with E-state index in [9.17, 15) is 0 Å². The summed E-state index contributed by atoms with van der Waals surface area (Å²) >= 11 is 0. The molecule has 1 aliphatic carbocycles. The van der Waals surface area contributed by atoms with Crippen LogP contribution >= 0.6 is 0 Å². The van der Waals surface area contributed by atoms with Gasteiger partial charge in [0, 0.05) is 11.1 Å². The molecule has 0 saturated heterocycles. The maximum Gasteiger partial charge on any atom is 0.160 e. The first kappa shape index (κ1) is 23.1. The van der Waals surface area contributed by atoms with E-state index < -0.39 is 0 Å². The highest BCUT2D eigenvalue weighted by molar-refractivity contribution is 5.77. The van der Waals surface area contributed by atoms with Crippen LogP contribution in [0.2, 0.25) is 0 Å². The molecule has 1 unspecified atom stereocenters. The fourth-order valence-corrected chi connectivity index (χ4v) is 3.84. The van der Waals surface area contributed by atoms with Crippen LogP contribution in [0.3, 0.4) is 0 Å². The zero-order valence-corrected chi connectivity index (χ0v) is 19.9. The lowest BCUT2D eigenvalue weighted by molar-refractivity contribution is 0.738. The van der Waals surface area contributed by atoms with Crippen molar-refractivity contribution in [3.63, 3.8) is 0 Å². The summed E-state index contributed by atoms with van der Waals surface area (Å²) < 4.78 is 0. The van der Waals surface area contributed by atoms with Gasteiger partial charge in [-0.2, -0.15) is 0 Å². The highest BCUT2D eigenvalue weighted by Gasteiger charge is 2.13. The Hall–Kier alpha value is -4.04. The second-order valence-corrected chi connectivity index (χ2v) is 8.41. The molecule has 0 spiro atoms. The third kappa shape index (κ3) is 5.65. The summed E-state index contributed by atoms with van der Waals surface area (Å²) in [4.78, 5) is 9.87. The fourth-order valence-electron chi connectivity index (χ4n) is 3.84. The van der Waals surface area contributed by atoms with E-state index in [4.69, 9.17) is 9.97 Å². The second-order valence-electron chi connectivity index (χ2n) is 8.41. The van der Waals surface area contributed by atoms with E-state index in [-0.39, 0.29) is 0 Å². The highest BCUT2D eigenvalue weighted by atomic mass is 14.9. The quantitative estimate of drug-likeness (QED) is 0.296. The van der Waals surface area contributed by atoms with Crippen LogP contribution < -0.4 is 0 Å². The first-order chi connectivity index (χ1) is 16.7. The Balaban J connectivity index is 0.000000868. The molecule has 0 amide bonds. The van der Waals surface area contributed by atoms with Gasteiger partial charge in [0.25, 0.3) is 0 Å². The summed E-state index contributed by atoms with van der Waals surface area (Å²) in [5, 5.41) is 0. The van der Waals surface area contributed by atoms with Gasteiger partial charge in [-0.1, -0.05) is 116 Å². The molecule has 0 bridgehead atoms. The Kier molecular flexibility index (Phi) is 7.62. The van der Waals surface area contributed by atoms with Crippen LogP contribution in [0.5, 0.6) is 0 Å². The van der Waals surface area contributed by atoms with E-state index >= 15 is 0 Å². The first-order valence-corrected chi connectivity index (χ1v) is 11.7. The molecule has 1 heterocycles. The molecule has 1 atom stereocenters.